The summed E-state index contributed by atoms with van der Waals surface area (Å²) >= 11 is 0. The van der Waals surface area contributed by atoms with E-state index in [9.17, 15) is 19.5 Å². The van der Waals surface area contributed by atoms with Crippen molar-refractivity contribution in [3.63, 3.8) is 0 Å². The zero-order valence-electron chi connectivity index (χ0n) is 18.9. The Kier molecular flexibility index (Phi) is 6.67. The minimum atomic E-state index is -1.10. The summed E-state index contributed by atoms with van der Waals surface area (Å²) in [4.78, 5) is 37.7. The van der Waals surface area contributed by atoms with Crippen LogP contribution in [0.5, 0.6) is 0 Å². The molecule has 2 aromatic rings. The number of rotatable bonds is 8. The number of benzene rings is 2. The average Bonchev–Trinajstić information content (AvgIpc) is 3.36. The standard InChI is InChI=1S/C26H30N2O5/c1-26(24(30)31)14-8-16-28(26)23(29)13-6-7-15-27-25(32)33-17-22-20-11-4-2-9-18(20)19-10-3-5-12-21(19)22/h2-5,9-12,22H,6-8,13-17H2,1H3,(H,27,32)(H,30,31). The Balaban J connectivity index is 1.20. The Labute approximate surface area is 193 Å². The number of fused-ring (bicyclic) bond motifs is 3. The zero-order chi connectivity index (χ0) is 23.4. The SMILES string of the molecule is CC1(C(=O)O)CCCN1C(=O)CCCCNC(=O)OCC1c2ccccc2-c2ccccc21. The number of aliphatic carboxylic acids is 1. The summed E-state index contributed by atoms with van der Waals surface area (Å²) in [5.74, 6) is -1.08. The second-order valence-corrected chi connectivity index (χ2v) is 8.94. The van der Waals surface area contributed by atoms with E-state index >= 15 is 0 Å². The molecule has 1 unspecified atom stereocenters. The number of likely N-dealkylation sites (tertiary alicyclic amines) is 1. The van der Waals surface area contributed by atoms with Crippen molar-refractivity contribution in [3.05, 3.63) is 59.7 Å². The van der Waals surface area contributed by atoms with E-state index in [1.165, 1.54) is 27.2 Å². The van der Waals surface area contributed by atoms with Crippen LogP contribution in [0.1, 0.15) is 56.1 Å². The summed E-state index contributed by atoms with van der Waals surface area (Å²) in [6.07, 6.45) is 2.19. The van der Waals surface area contributed by atoms with Gasteiger partial charge in [0.1, 0.15) is 12.1 Å². The van der Waals surface area contributed by atoms with Crippen LogP contribution < -0.4 is 5.32 Å². The number of nitrogens with zero attached hydrogens (tertiary/aromatic N) is 1. The van der Waals surface area contributed by atoms with E-state index in [1.54, 1.807) is 6.92 Å². The Morgan fingerprint density at radius 2 is 1.70 bits per heavy atom. The summed E-state index contributed by atoms with van der Waals surface area (Å²) in [5.41, 5.74) is 3.60. The molecule has 0 spiro atoms. The van der Waals surface area contributed by atoms with Crippen LogP contribution in [0, 0.1) is 0 Å². The molecule has 1 fully saturated rings. The molecule has 174 valence electrons. The molecule has 2 aromatic carbocycles. The molecule has 1 saturated heterocycles. The van der Waals surface area contributed by atoms with Crippen LogP contribution in [-0.2, 0) is 14.3 Å². The number of carboxylic acids is 1. The molecule has 7 nitrogen and oxygen atoms in total. The van der Waals surface area contributed by atoms with E-state index in [0.717, 1.165) is 0 Å². The van der Waals surface area contributed by atoms with Gasteiger partial charge in [-0.25, -0.2) is 9.59 Å². The van der Waals surface area contributed by atoms with Gasteiger partial charge in [-0.3, -0.25) is 4.79 Å². The highest BCUT2D eigenvalue weighted by atomic mass is 16.5. The smallest absolute Gasteiger partial charge is 0.407 e. The van der Waals surface area contributed by atoms with Gasteiger partial charge in [0.05, 0.1) is 0 Å². The van der Waals surface area contributed by atoms with Gasteiger partial charge in [0.2, 0.25) is 5.91 Å². The molecule has 4 rings (SSSR count). The molecule has 0 aromatic heterocycles. The molecule has 0 bridgehead atoms. The fourth-order valence-corrected chi connectivity index (χ4v) is 4.96. The average molecular weight is 451 g/mol. The van der Waals surface area contributed by atoms with Gasteiger partial charge in [0, 0.05) is 25.4 Å². The maximum atomic E-state index is 12.5. The number of carbonyl (C=O) groups excluding carboxylic acids is 2. The first-order chi connectivity index (χ1) is 15.9. The number of nitrogens with one attached hydrogen (secondary N) is 1. The number of hydrogen-bond acceptors (Lipinski definition) is 4. The predicted octanol–water partition coefficient (Wildman–Crippen LogP) is 4.16. The van der Waals surface area contributed by atoms with Gasteiger partial charge in [-0.05, 0) is 54.9 Å². The summed E-state index contributed by atoms with van der Waals surface area (Å²) in [6, 6.07) is 16.4. The van der Waals surface area contributed by atoms with Gasteiger partial charge >= 0.3 is 12.1 Å². The summed E-state index contributed by atoms with van der Waals surface area (Å²) < 4.78 is 5.51. The molecule has 33 heavy (non-hydrogen) atoms. The minimum absolute atomic E-state index is 0.0183. The zero-order valence-corrected chi connectivity index (χ0v) is 18.9. The molecule has 1 atom stereocenters. The van der Waals surface area contributed by atoms with Crippen molar-refractivity contribution in [2.45, 2.75) is 50.5 Å². The second kappa shape index (κ2) is 9.65. The molecule has 2 aliphatic rings. The van der Waals surface area contributed by atoms with Crippen molar-refractivity contribution in [1.29, 1.82) is 0 Å². The van der Waals surface area contributed by atoms with E-state index in [0.29, 0.717) is 38.8 Å². The first kappa shape index (κ1) is 22.8. The van der Waals surface area contributed by atoms with Crippen LogP contribution in [0.3, 0.4) is 0 Å². The Morgan fingerprint density at radius 3 is 2.33 bits per heavy atom. The van der Waals surface area contributed by atoms with Gasteiger partial charge in [-0.1, -0.05) is 48.5 Å². The predicted molar refractivity (Wildman–Crippen MR) is 124 cm³/mol. The highest BCUT2D eigenvalue weighted by molar-refractivity contribution is 5.87. The number of alkyl carbamates (subject to hydrolysis) is 1. The highest BCUT2D eigenvalue weighted by Crippen LogP contribution is 2.44. The summed E-state index contributed by atoms with van der Waals surface area (Å²) in [5, 5.41) is 12.2. The Hall–Kier alpha value is -3.35. The lowest BCUT2D eigenvalue weighted by Crippen LogP contribution is -2.50. The highest BCUT2D eigenvalue weighted by Gasteiger charge is 2.45. The van der Waals surface area contributed by atoms with Crippen LogP contribution in [0.25, 0.3) is 11.1 Å². The van der Waals surface area contributed by atoms with E-state index in [2.05, 4.69) is 29.6 Å². The number of carboxylic acid groups (broad SMARTS) is 1. The van der Waals surface area contributed by atoms with Crippen molar-refractivity contribution in [3.8, 4) is 11.1 Å². The van der Waals surface area contributed by atoms with Crippen molar-refractivity contribution < 1.29 is 24.2 Å². The largest absolute Gasteiger partial charge is 0.480 e. The monoisotopic (exact) mass is 450 g/mol. The van der Waals surface area contributed by atoms with Gasteiger partial charge < -0.3 is 20.1 Å². The van der Waals surface area contributed by atoms with Crippen LogP contribution in [-0.4, -0.2) is 53.2 Å². The van der Waals surface area contributed by atoms with E-state index in [-0.39, 0.29) is 24.9 Å². The molecule has 1 aliphatic heterocycles. The van der Waals surface area contributed by atoms with Crippen molar-refractivity contribution in [2.24, 2.45) is 0 Å². The van der Waals surface area contributed by atoms with Crippen molar-refractivity contribution >= 4 is 18.0 Å². The number of amides is 2. The summed E-state index contributed by atoms with van der Waals surface area (Å²) in [7, 11) is 0. The van der Waals surface area contributed by atoms with Gasteiger partial charge in [-0.15, -0.1) is 0 Å². The topological polar surface area (TPSA) is 95.9 Å². The van der Waals surface area contributed by atoms with Crippen LogP contribution in [0.15, 0.2) is 48.5 Å². The lowest BCUT2D eigenvalue weighted by molar-refractivity contribution is -0.155. The molecule has 7 heteroatoms. The minimum Gasteiger partial charge on any atom is -0.480 e. The number of ether oxygens (including phenoxy) is 1. The van der Waals surface area contributed by atoms with Crippen molar-refractivity contribution in [2.75, 3.05) is 19.7 Å². The molecule has 2 N–H and O–H groups in total. The van der Waals surface area contributed by atoms with Gasteiger partial charge in [0.15, 0.2) is 0 Å². The van der Waals surface area contributed by atoms with Crippen LogP contribution in [0.2, 0.25) is 0 Å². The third-order valence-electron chi connectivity index (χ3n) is 6.83. The van der Waals surface area contributed by atoms with E-state index in [4.69, 9.17) is 4.74 Å². The number of hydrogen-bond donors (Lipinski definition) is 2. The Morgan fingerprint density at radius 1 is 1.06 bits per heavy atom. The molecule has 2 amide bonds. The lowest BCUT2D eigenvalue weighted by Gasteiger charge is -2.31. The number of carbonyl (C=O) groups is 3. The maximum absolute atomic E-state index is 12.5. The first-order valence-corrected chi connectivity index (χ1v) is 11.5. The molecule has 1 heterocycles. The van der Waals surface area contributed by atoms with Crippen molar-refractivity contribution in [1.82, 2.24) is 10.2 Å². The maximum Gasteiger partial charge on any atom is 0.407 e. The molecular weight excluding hydrogens is 420 g/mol. The fraction of sp³-hybridized carbons (Fsp3) is 0.423. The lowest BCUT2D eigenvalue weighted by atomic mass is 9.98. The third-order valence-corrected chi connectivity index (χ3v) is 6.83. The van der Waals surface area contributed by atoms with E-state index in [1.807, 2.05) is 24.3 Å². The summed E-state index contributed by atoms with van der Waals surface area (Å²) in [6.45, 7) is 2.76. The number of unbranched alkanes of at least 4 members (excludes halogenated alkanes) is 1. The van der Waals surface area contributed by atoms with Gasteiger partial charge in [0.25, 0.3) is 0 Å². The fourth-order valence-electron chi connectivity index (χ4n) is 4.96. The van der Waals surface area contributed by atoms with E-state index < -0.39 is 17.6 Å². The van der Waals surface area contributed by atoms with Crippen LogP contribution >= 0.6 is 0 Å². The van der Waals surface area contributed by atoms with Gasteiger partial charge in [-0.2, -0.15) is 0 Å². The normalized spacial score (nSPS) is 19.1. The molecule has 1 aliphatic carbocycles. The second-order valence-electron chi connectivity index (χ2n) is 8.94. The Bertz CT molecular complexity index is 1010. The third kappa shape index (κ3) is 4.58. The molecule has 0 saturated carbocycles. The van der Waals surface area contributed by atoms with Crippen LogP contribution in [0.4, 0.5) is 4.79 Å². The quantitative estimate of drug-likeness (QED) is 0.589. The molecule has 0 radical (unpaired) electrons. The molecular formula is C26H30N2O5. The first-order valence-electron chi connectivity index (χ1n) is 11.5.